The van der Waals surface area contributed by atoms with Gasteiger partial charge in [-0.15, -0.1) is 0 Å². The molecule has 0 radical (unpaired) electrons. The summed E-state index contributed by atoms with van der Waals surface area (Å²) in [6.45, 7) is 12.9. The highest BCUT2D eigenvalue weighted by Gasteiger charge is 2.25. The molecule has 1 heterocycles. The number of nitrogens with zero attached hydrogens (tertiary/aromatic N) is 2. The van der Waals surface area contributed by atoms with Crippen LogP contribution in [0, 0.1) is 0 Å². The third-order valence-corrected chi connectivity index (χ3v) is 7.04. The van der Waals surface area contributed by atoms with E-state index in [-0.39, 0.29) is 5.41 Å². The molecular weight excluding hydrogens is 440 g/mol. The maximum absolute atomic E-state index is 5.93. The largest absolute Gasteiger partial charge is 0.494 e. The first-order valence-corrected chi connectivity index (χ1v) is 13.5. The van der Waals surface area contributed by atoms with E-state index in [9.17, 15) is 0 Å². The second-order valence-corrected chi connectivity index (χ2v) is 10.8. The van der Waals surface area contributed by atoms with Gasteiger partial charge in [-0.1, -0.05) is 106 Å². The Hall–Kier alpha value is -2.88. The lowest BCUT2D eigenvalue weighted by Crippen LogP contribution is -2.47. The maximum Gasteiger partial charge on any atom is 0.119 e. The van der Waals surface area contributed by atoms with Crippen LogP contribution in [-0.4, -0.2) is 49.1 Å². The summed E-state index contributed by atoms with van der Waals surface area (Å²) in [5.74, 6) is 0.967. The van der Waals surface area contributed by atoms with Crippen LogP contribution in [0.4, 0.5) is 0 Å². The summed E-state index contributed by atoms with van der Waals surface area (Å²) in [6, 6.07) is 30.7. The third-order valence-electron chi connectivity index (χ3n) is 7.04. The van der Waals surface area contributed by atoms with Crippen molar-refractivity contribution in [3.8, 4) is 5.75 Å². The summed E-state index contributed by atoms with van der Waals surface area (Å²) in [5.41, 5.74) is 4.28. The van der Waals surface area contributed by atoms with Gasteiger partial charge in [-0.2, -0.15) is 0 Å². The van der Waals surface area contributed by atoms with Crippen molar-refractivity contribution in [2.24, 2.45) is 0 Å². The molecule has 1 fully saturated rings. The lowest BCUT2D eigenvalue weighted by molar-refractivity contribution is 0.117. The average Bonchev–Trinajstić information content (AvgIpc) is 2.90. The van der Waals surface area contributed by atoms with Gasteiger partial charge in [-0.05, 0) is 47.1 Å². The fourth-order valence-electron chi connectivity index (χ4n) is 4.87. The van der Waals surface area contributed by atoms with Crippen LogP contribution in [-0.2, 0) is 5.41 Å². The molecule has 3 aromatic carbocycles. The normalized spacial score (nSPS) is 15.6. The quantitative estimate of drug-likeness (QED) is 0.226. The summed E-state index contributed by atoms with van der Waals surface area (Å²) in [5, 5.41) is 0. The molecule has 4 rings (SSSR count). The van der Waals surface area contributed by atoms with Crippen LogP contribution in [0.2, 0.25) is 0 Å². The van der Waals surface area contributed by atoms with E-state index in [1.165, 1.54) is 16.7 Å². The van der Waals surface area contributed by atoms with Crippen molar-refractivity contribution in [2.75, 3.05) is 39.3 Å². The lowest BCUT2D eigenvalue weighted by atomic mass is 9.87. The van der Waals surface area contributed by atoms with Crippen molar-refractivity contribution in [1.82, 2.24) is 9.80 Å². The Morgan fingerprint density at radius 1 is 0.750 bits per heavy atom. The van der Waals surface area contributed by atoms with Crippen LogP contribution in [0.25, 0.3) is 0 Å². The lowest BCUT2D eigenvalue weighted by Gasteiger charge is -2.39. The van der Waals surface area contributed by atoms with Crippen molar-refractivity contribution in [3.05, 3.63) is 114 Å². The Morgan fingerprint density at radius 2 is 1.33 bits per heavy atom. The van der Waals surface area contributed by atoms with E-state index < -0.39 is 0 Å². The first-order chi connectivity index (χ1) is 17.5. The number of hydrogen-bond donors (Lipinski definition) is 0. The molecule has 3 nitrogen and oxygen atoms in total. The minimum Gasteiger partial charge on any atom is -0.494 e. The molecule has 1 aliphatic heterocycles. The molecular formula is C33H42N2O. The summed E-state index contributed by atoms with van der Waals surface area (Å²) in [4.78, 5) is 5.20. The van der Waals surface area contributed by atoms with Crippen LogP contribution in [0.5, 0.6) is 5.75 Å². The predicted molar refractivity (Wildman–Crippen MR) is 152 cm³/mol. The third kappa shape index (κ3) is 7.56. The monoisotopic (exact) mass is 482 g/mol. The molecule has 0 unspecified atom stereocenters. The fourth-order valence-corrected chi connectivity index (χ4v) is 4.87. The Morgan fingerprint density at radius 3 is 1.89 bits per heavy atom. The van der Waals surface area contributed by atoms with Crippen molar-refractivity contribution < 1.29 is 4.74 Å². The standard InChI is InChI=1S/C33H42N2O/c1-33(2,3)30-18-20-31(21-19-30)36-27-13-5-4-12-22-34-23-25-35(26-24-34)32(28-14-8-6-9-15-28)29-16-10-7-11-17-29/h4,6-12,14-21,32H,5,13,22-27H2,1-3H3/b12-4+. The molecule has 190 valence electrons. The molecule has 0 N–H and O–H groups in total. The molecule has 0 bridgehead atoms. The zero-order valence-electron chi connectivity index (χ0n) is 22.3. The summed E-state index contributed by atoms with van der Waals surface area (Å²) in [6.07, 6.45) is 6.75. The zero-order valence-corrected chi connectivity index (χ0v) is 22.3. The van der Waals surface area contributed by atoms with Gasteiger partial charge in [-0.25, -0.2) is 0 Å². The molecule has 0 aromatic heterocycles. The van der Waals surface area contributed by atoms with E-state index in [2.05, 4.69) is 128 Å². The number of allylic oxidation sites excluding steroid dienone is 1. The smallest absolute Gasteiger partial charge is 0.119 e. The highest BCUT2D eigenvalue weighted by atomic mass is 16.5. The molecule has 0 atom stereocenters. The minimum atomic E-state index is 0.182. The van der Waals surface area contributed by atoms with Crippen molar-refractivity contribution in [2.45, 2.75) is 45.1 Å². The van der Waals surface area contributed by atoms with Gasteiger partial charge in [0.2, 0.25) is 0 Å². The highest BCUT2D eigenvalue weighted by Crippen LogP contribution is 2.29. The fraction of sp³-hybridized carbons (Fsp3) is 0.394. The van der Waals surface area contributed by atoms with Crippen molar-refractivity contribution in [1.29, 1.82) is 0 Å². The topological polar surface area (TPSA) is 15.7 Å². The van der Waals surface area contributed by atoms with E-state index in [0.717, 1.165) is 57.9 Å². The van der Waals surface area contributed by atoms with E-state index in [4.69, 9.17) is 4.74 Å². The summed E-state index contributed by atoms with van der Waals surface area (Å²) in [7, 11) is 0. The van der Waals surface area contributed by atoms with Gasteiger partial charge in [-0.3, -0.25) is 9.80 Å². The van der Waals surface area contributed by atoms with Gasteiger partial charge in [0.15, 0.2) is 0 Å². The van der Waals surface area contributed by atoms with Crippen LogP contribution in [0.3, 0.4) is 0 Å². The number of unbranched alkanes of at least 4 members (excludes halogenated alkanes) is 1. The summed E-state index contributed by atoms with van der Waals surface area (Å²) < 4.78 is 5.93. The molecule has 0 amide bonds. The molecule has 36 heavy (non-hydrogen) atoms. The Bertz CT molecular complexity index is 1010. The van der Waals surface area contributed by atoms with Crippen LogP contribution in [0.1, 0.15) is 56.3 Å². The molecule has 3 heteroatoms. The van der Waals surface area contributed by atoms with E-state index in [1.807, 2.05) is 0 Å². The van der Waals surface area contributed by atoms with Gasteiger partial charge in [0.1, 0.15) is 5.75 Å². The second kappa shape index (κ2) is 12.9. The van der Waals surface area contributed by atoms with Crippen LogP contribution >= 0.6 is 0 Å². The van der Waals surface area contributed by atoms with Crippen molar-refractivity contribution >= 4 is 0 Å². The molecule has 1 saturated heterocycles. The van der Waals surface area contributed by atoms with E-state index >= 15 is 0 Å². The van der Waals surface area contributed by atoms with Gasteiger partial charge >= 0.3 is 0 Å². The van der Waals surface area contributed by atoms with Gasteiger partial charge < -0.3 is 4.74 Å². The first-order valence-electron chi connectivity index (χ1n) is 13.5. The highest BCUT2D eigenvalue weighted by molar-refractivity contribution is 5.32. The summed E-state index contributed by atoms with van der Waals surface area (Å²) >= 11 is 0. The Labute approximate surface area is 218 Å². The second-order valence-electron chi connectivity index (χ2n) is 10.8. The molecule has 3 aromatic rings. The zero-order chi connectivity index (χ0) is 25.2. The molecule has 0 aliphatic carbocycles. The minimum absolute atomic E-state index is 0.182. The van der Waals surface area contributed by atoms with E-state index in [0.29, 0.717) is 6.04 Å². The Kier molecular flexibility index (Phi) is 9.38. The van der Waals surface area contributed by atoms with Gasteiger partial charge in [0.25, 0.3) is 0 Å². The van der Waals surface area contributed by atoms with E-state index in [1.54, 1.807) is 0 Å². The SMILES string of the molecule is CC(C)(C)c1ccc(OCCC/C=C/CN2CCN(C(c3ccccc3)c3ccccc3)CC2)cc1. The van der Waals surface area contributed by atoms with Gasteiger partial charge in [0.05, 0.1) is 12.6 Å². The predicted octanol–water partition coefficient (Wildman–Crippen LogP) is 7.11. The average molecular weight is 483 g/mol. The van der Waals surface area contributed by atoms with Crippen LogP contribution in [0.15, 0.2) is 97.1 Å². The molecule has 0 saturated carbocycles. The Balaban J connectivity index is 1.17. The molecule has 0 spiro atoms. The van der Waals surface area contributed by atoms with Crippen LogP contribution < -0.4 is 4.74 Å². The van der Waals surface area contributed by atoms with Crippen molar-refractivity contribution in [3.63, 3.8) is 0 Å². The number of ether oxygens (including phenoxy) is 1. The first kappa shape index (κ1) is 26.2. The number of rotatable bonds is 10. The number of benzene rings is 3. The van der Waals surface area contributed by atoms with Gasteiger partial charge in [0, 0.05) is 32.7 Å². The number of hydrogen-bond acceptors (Lipinski definition) is 3. The number of piperazine rings is 1. The maximum atomic E-state index is 5.93. The molecule has 1 aliphatic rings.